The summed E-state index contributed by atoms with van der Waals surface area (Å²) in [5, 5.41) is 2.72. The zero-order valence-electron chi connectivity index (χ0n) is 24.4. The Kier molecular flexibility index (Phi) is 9.91. The van der Waals surface area contributed by atoms with E-state index in [-0.39, 0.29) is 27.6 Å². The largest absolute Gasteiger partial charge is 0.465 e. The Bertz CT molecular complexity index is 1880. The second-order valence-electron chi connectivity index (χ2n) is 9.61. The molecule has 12 heteroatoms. The van der Waals surface area contributed by atoms with E-state index < -0.39 is 28.0 Å². The number of methoxy groups -OCH3 is 2. The van der Waals surface area contributed by atoms with Crippen molar-refractivity contribution in [2.45, 2.75) is 4.90 Å². The molecule has 0 spiro atoms. The van der Waals surface area contributed by atoms with E-state index in [1.807, 2.05) is 0 Å². The number of nitrogens with one attached hydrogen (secondary N) is 1. The van der Waals surface area contributed by atoms with Gasteiger partial charge in [0.25, 0.3) is 21.9 Å². The molecule has 0 fully saturated rings. The van der Waals surface area contributed by atoms with Gasteiger partial charge in [-0.15, -0.1) is 0 Å². The van der Waals surface area contributed by atoms with Crippen molar-refractivity contribution in [1.82, 2.24) is 0 Å². The van der Waals surface area contributed by atoms with E-state index >= 15 is 0 Å². The Hall–Kier alpha value is -5.59. The molecule has 2 N–H and O–H groups in total. The number of nitrogens with zero attached hydrogens (tertiary/aromatic N) is 1. The van der Waals surface area contributed by atoms with E-state index in [0.717, 1.165) is 0 Å². The van der Waals surface area contributed by atoms with Crippen LogP contribution in [0.2, 0.25) is 0 Å². The Morgan fingerprint density at radius 3 is 1.82 bits per heavy atom. The van der Waals surface area contributed by atoms with Crippen molar-refractivity contribution in [3.63, 3.8) is 0 Å². The van der Waals surface area contributed by atoms with Gasteiger partial charge >= 0.3 is 11.9 Å². The van der Waals surface area contributed by atoms with E-state index in [9.17, 15) is 27.6 Å². The third-order valence-corrected chi connectivity index (χ3v) is 7.59. The molecule has 0 heterocycles. The van der Waals surface area contributed by atoms with Crippen LogP contribution in [-0.4, -0.2) is 58.0 Å². The molecule has 0 bridgehead atoms. The highest BCUT2D eigenvalue weighted by molar-refractivity contribution is 7.85. The summed E-state index contributed by atoms with van der Waals surface area (Å²) in [6.07, 6.45) is 3.37. The van der Waals surface area contributed by atoms with Crippen LogP contribution in [0.25, 0.3) is 12.2 Å². The average molecular weight is 629 g/mol. The SMILES string of the molecule is COC(=O)c1ccc(C(=O)N(C)c2ccc(C(=O)Nc3ccc(/C=C/c4ccc(S(=O)(=O)O)cc4)cc3C(=O)OC)cc2)cc1. The van der Waals surface area contributed by atoms with Gasteiger partial charge in [-0.1, -0.05) is 30.4 Å². The van der Waals surface area contributed by atoms with Gasteiger partial charge in [-0.3, -0.25) is 14.1 Å². The zero-order chi connectivity index (χ0) is 32.7. The third kappa shape index (κ3) is 7.88. The summed E-state index contributed by atoms with van der Waals surface area (Å²) < 4.78 is 41.2. The summed E-state index contributed by atoms with van der Waals surface area (Å²) >= 11 is 0. The molecule has 4 rings (SSSR count). The number of carbonyl (C=O) groups excluding carboxylic acids is 4. The molecule has 0 aliphatic rings. The fraction of sp³-hybridized carbons (Fsp3) is 0.0909. The Balaban J connectivity index is 1.47. The van der Waals surface area contributed by atoms with Crippen molar-refractivity contribution in [1.29, 1.82) is 0 Å². The van der Waals surface area contributed by atoms with Crippen molar-refractivity contribution >= 4 is 57.4 Å². The van der Waals surface area contributed by atoms with E-state index in [2.05, 4.69) is 10.1 Å². The minimum Gasteiger partial charge on any atom is -0.465 e. The monoisotopic (exact) mass is 628 g/mol. The third-order valence-electron chi connectivity index (χ3n) is 6.72. The number of hydrogen-bond donors (Lipinski definition) is 2. The molecule has 230 valence electrons. The normalized spacial score (nSPS) is 11.1. The summed E-state index contributed by atoms with van der Waals surface area (Å²) in [6, 6.07) is 22.7. The van der Waals surface area contributed by atoms with Crippen molar-refractivity contribution in [2.75, 3.05) is 31.5 Å². The van der Waals surface area contributed by atoms with E-state index in [0.29, 0.717) is 27.9 Å². The van der Waals surface area contributed by atoms with Crippen molar-refractivity contribution in [3.05, 3.63) is 124 Å². The van der Waals surface area contributed by atoms with Crippen molar-refractivity contribution in [2.24, 2.45) is 0 Å². The Morgan fingerprint density at radius 2 is 1.24 bits per heavy atom. The second kappa shape index (κ2) is 13.8. The van der Waals surface area contributed by atoms with Gasteiger partial charge in [-0.25, -0.2) is 9.59 Å². The van der Waals surface area contributed by atoms with Crippen LogP contribution >= 0.6 is 0 Å². The van der Waals surface area contributed by atoms with Crippen LogP contribution in [0, 0.1) is 0 Å². The first-order valence-corrected chi connectivity index (χ1v) is 14.7. The Labute approximate surface area is 259 Å². The number of esters is 2. The van der Waals surface area contributed by atoms with Crippen molar-refractivity contribution < 1.29 is 41.6 Å². The maximum Gasteiger partial charge on any atom is 0.339 e. The first kappa shape index (κ1) is 32.3. The summed E-state index contributed by atoms with van der Waals surface area (Å²) in [6.45, 7) is 0. The lowest BCUT2D eigenvalue weighted by Gasteiger charge is -2.18. The Morgan fingerprint density at radius 1 is 0.711 bits per heavy atom. The number of benzene rings is 4. The molecule has 0 atom stereocenters. The number of ether oxygens (including phenoxy) is 2. The predicted octanol–water partition coefficient (Wildman–Crippen LogP) is 5.21. The van der Waals surface area contributed by atoms with Crippen LogP contribution in [0.5, 0.6) is 0 Å². The van der Waals surface area contributed by atoms with Crippen LogP contribution in [-0.2, 0) is 19.6 Å². The maximum atomic E-state index is 13.1. The lowest BCUT2D eigenvalue weighted by Crippen LogP contribution is -2.26. The van der Waals surface area contributed by atoms with Crippen LogP contribution < -0.4 is 10.2 Å². The minimum atomic E-state index is -4.30. The fourth-order valence-electron chi connectivity index (χ4n) is 4.21. The van der Waals surface area contributed by atoms with Gasteiger partial charge in [0.1, 0.15) is 0 Å². The first-order valence-electron chi connectivity index (χ1n) is 13.3. The lowest BCUT2D eigenvalue weighted by molar-refractivity contribution is 0.0592. The van der Waals surface area contributed by atoms with Crippen molar-refractivity contribution in [3.8, 4) is 0 Å². The number of amides is 2. The van der Waals surface area contributed by atoms with Gasteiger partial charge in [-0.2, -0.15) is 8.42 Å². The zero-order valence-corrected chi connectivity index (χ0v) is 25.2. The van der Waals surface area contributed by atoms with Gasteiger partial charge in [0.2, 0.25) is 0 Å². The smallest absolute Gasteiger partial charge is 0.339 e. The van der Waals surface area contributed by atoms with Gasteiger partial charge in [0.05, 0.1) is 35.9 Å². The minimum absolute atomic E-state index is 0.106. The number of hydrogen-bond acceptors (Lipinski definition) is 8. The summed E-state index contributed by atoms with van der Waals surface area (Å²) in [5.41, 5.74) is 3.04. The van der Waals surface area contributed by atoms with Crippen LogP contribution in [0.3, 0.4) is 0 Å². The average Bonchev–Trinajstić information content (AvgIpc) is 3.06. The van der Waals surface area contributed by atoms with Crippen LogP contribution in [0.1, 0.15) is 52.6 Å². The molecular weight excluding hydrogens is 600 g/mol. The molecule has 0 radical (unpaired) electrons. The highest BCUT2D eigenvalue weighted by Crippen LogP contribution is 2.23. The number of carbonyl (C=O) groups is 4. The summed E-state index contributed by atoms with van der Waals surface area (Å²) in [4.78, 5) is 51.4. The predicted molar refractivity (Wildman–Crippen MR) is 168 cm³/mol. The molecule has 45 heavy (non-hydrogen) atoms. The molecule has 0 saturated carbocycles. The van der Waals surface area contributed by atoms with Gasteiger partial charge < -0.3 is 19.7 Å². The maximum absolute atomic E-state index is 13.1. The van der Waals surface area contributed by atoms with Gasteiger partial charge in [0, 0.05) is 23.9 Å². The molecule has 4 aromatic carbocycles. The second-order valence-corrected chi connectivity index (χ2v) is 11.0. The number of rotatable bonds is 9. The fourth-order valence-corrected chi connectivity index (χ4v) is 4.69. The topological polar surface area (TPSA) is 156 Å². The number of anilines is 2. The summed E-state index contributed by atoms with van der Waals surface area (Å²) in [5.74, 6) is -2.00. The standard InChI is InChI=1S/C33H28N2O9S/c1-35(31(37)24-9-11-25(12-10-24)32(38)43-2)26-15-13-23(14-16-26)30(36)34-29-19-8-22(20-28(29)33(39)44-3)5-4-21-6-17-27(18-7-21)45(40,41)42/h4-20H,1-3H3,(H,34,36)(H,40,41,42)/b5-4+. The molecular formula is C33H28N2O9S. The molecule has 0 aromatic heterocycles. The van der Waals surface area contributed by atoms with Crippen LogP contribution in [0.15, 0.2) is 95.9 Å². The first-order chi connectivity index (χ1) is 21.4. The molecule has 4 aromatic rings. The van der Waals surface area contributed by atoms with E-state index in [1.54, 1.807) is 43.5 Å². The molecule has 0 unspecified atom stereocenters. The van der Waals surface area contributed by atoms with E-state index in [1.165, 1.54) is 85.8 Å². The summed E-state index contributed by atoms with van der Waals surface area (Å²) in [7, 11) is -0.227. The van der Waals surface area contributed by atoms with E-state index in [4.69, 9.17) is 9.29 Å². The van der Waals surface area contributed by atoms with Crippen LogP contribution in [0.4, 0.5) is 11.4 Å². The highest BCUT2D eigenvalue weighted by Gasteiger charge is 2.18. The molecule has 2 amide bonds. The highest BCUT2D eigenvalue weighted by atomic mass is 32.2. The molecule has 11 nitrogen and oxygen atoms in total. The quantitative estimate of drug-likeness (QED) is 0.144. The molecule has 0 saturated heterocycles. The molecule has 0 aliphatic heterocycles. The lowest BCUT2D eigenvalue weighted by atomic mass is 10.1. The van der Waals surface area contributed by atoms with Gasteiger partial charge in [0.15, 0.2) is 0 Å². The van der Waals surface area contributed by atoms with Gasteiger partial charge in [-0.05, 0) is 83.9 Å². The molecule has 0 aliphatic carbocycles.